The number of rotatable bonds is 7. The highest BCUT2D eigenvalue weighted by Gasteiger charge is 2.25. The van der Waals surface area contributed by atoms with Crippen molar-refractivity contribution in [2.75, 3.05) is 26.7 Å². The Morgan fingerprint density at radius 1 is 1.38 bits per heavy atom. The van der Waals surface area contributed by atoms with E-state index in [-0.39, 0.29) is 6.04 Å². The monoisotopic (exact) mass is 291 g/mol. The number of hydrogen-bond donors (Lipinski definition) is 2. The van der Waals surface area contributed by atoms with E-state index in [1.165, 1.54) is 12.8 Å². The van der Waals surface area contributed by atoms with E-state index < -0.39 is 6.10 Å². The van der Waals surface area contributed by atoms with Crippen LogP contribution in [0.4, 0.5) is 0 Å². The van der Waals surface area contributed by atoms with Gasteiger partial charge < -0.3 is 20.1 Å². The van der Waals surface area contributed by atoms with Crippen LogP contribution in [0.3, 0.4) is 0 Å². The normalized spacial score (nSPS) is 22.2. The Bertz CT molecular complexity index is 441. The number of pyridine rings is 1. The van der Waals surface area contributed by atoms with Gasteiger partial charge in [-0.15, -0.1) is 0 Å². The van der Waals surface area contributed by atoms with Crippen molar-refractivity contribution in [1.82, 2.24) is 15.2 Å². The van der Waals surface area contributed by atoms with E-state index >= 15 is 0 Å². The van der Waals surface area contributed by atoms with Gasteiger partial charge in [0, 0.05) is 30.4 Å². The molecule has 2 heterocycles. The van der Waals surface area contributed by atoms with Gasteiger partial charge in [-0.3, -0.25) is 0 Å². The summed E-state index contributed by atoms with van der Waals surface area (Å²) < 4.78 is 5.64. The molecule has 21 heavy (non-hydrogen) atoms. The lowest BCUT2D eigenvalue weighted by Crippen LogP contribution is -2.42. The van der Waals surface area contributed by atoms with Crippen LogP contribution in [0.25, 0.3) is 0 Å². The third-order valence-corrected chi connectivity index (χ3v) is 4.32. The van der Waals surface area contributed by atoms with Gasteiger partial charge in [-0.25, -0.2) is 4.98 Å². The lowest BCUT2D eigenvalue weighted by atomic mass is 10.0. The van der Waals surface area contributed by atoms with Crippen LogP contribution in [0.1, 0.15) is 37.4 Å². The zero-order valence-corrected chi connectivity index (χ0v) is 12.7. The summed E-state index contributed by atoms with van der Waals surface area (Å²) in [5.41, 5.74) is 0.844. The molecule has 0 aromatic carbocycles. The fraction of sp³-hybridized carbons (Fsp3) is 0.688. The van der Waals surface area contributed by atoms with E-state index in [2.05, 4.69) is 15.2 Å². The number of likely N-dealkylation sites (N-methyl/N-ethyl adjacent to an activating group) is 1. The van der Waals surface area contributed by atoms with Crippen LogP contribution in [0.5, 0.6) is 5.88 Å². The minimum atomic E-state index is -0.543. The van der Waals surface area contributed by atoms with Gasteiger partial charge >= 0.3 is 0 Å². The lowest BCUT2D eigenvalue weighted by Gasteiger charge is -2.27. The van der Waals surface area contributed by atoms with Crippen molar-refractivity contribution < 1.29 is 9.84 Å². The van der Waals surface area contributed by atoms with E-state index in [1.807, 2.05) is 19.2 Å². The minimum Gasteiger partial charge on any atom is -0.474 e. The van der Waals surface area contributed by atoms with Crippen molar-refractivity contribution >= 4 is 0 Å². The SMILES string of the molecule is CN[C@H](CN1CCCC1)[C@H](O)c1ccc(OC2CC2)nc1. The Balaban J connectivity index is 1.59. The Morgan fingerprint density at radius 3 is 2.71 bits per heavy atom. The number of ether oxygens (including phenoxy) is 1. The van der Waals surface area contributed by atoms with E-state index in [4.69, 9.17) is 4.74 Å². The molecular weight excluding hydrogens is 266 g/mol. The van der Waals surface area contributed by atoms with Crippen LogP contribution >= 0.6 is 0 Å². The number of nitrogens with one attached hydrogen (secondary N) is 1. The first-order valence-corrected chi connectivity index (χ1v) is 7.96. The largest absolute Gasteiger partial charge is 0.474 e. The topological polar surface area (TPSA) is 57.6 Å². The molecule has 116 valence electrons. The predicted molar refractivity (Wildman–Crippen MR) is 81.4 cm³/mol. The summed E-state index contributed by atoms with van der Waals surface area (Å²) in [6.07, 6.45) is 6.33. The predicted octanol–water partition coefficient (Wildman–Crippen LogP) is 1.34. The number of aromatic nitrogens is 1. The fourth-order valence-electron chi connectivity index (χ4n) is 2.82. The van der Waals surface area contributed by atoms with Gasteiger partial charge in [0.05, 0.1) is 6.10 Å². The standard InChI is InChI=1S/C16H25N3O2/c1-17-14(11-19-8-2-3-9-19)16(20)12-4-7-15(18-10-12)21-13-5-6-13/h4,7,10,13-14,16-17,20H,2-3,5-6,8-9,11H2,1H3/t14-,16-/m1/s1. The maximum atomic E-state index is 10.6. The highest BCUT2D eigenvalue weighted by Crippen LogP contribution is 2.26. The average molecular weight is 291 g/mol. The van der Waals surface area contributed by atoms with Crippen LogP contribution in [0, 0.1) is 0 Å². The molecule has 0 unspecified atom stereocenters. The van der Waals surface area contributed by atoms with Gasteiger partial charge in [0.25, 0.3) is 0 Å². The second kappa shape index (κ2) is 6.73. The van der Waals surface area contributed by atoms with Gasteiger partial charge in [-0.2, -0.15) is 0 Å². The van der Waals surface area contributed by atoms with Crippen molar-refractivity contribution in [2.45, 2.75) is 43.9 Å². The smallest absolute Gasteiger partial charge is 0.213 e. The average Bonchev–Trinajstić information content (AvgIpc) is 3.17. The van der Waals surface area contributed by atoms with Gasteiger partial charge in [-0.1, -0.05) is 0 Å². The molecular formula is C16H25N3O2. The zero-order chi connectivity index (χ0) is 14.7. The highest BCUT2D eigenvalue weighted by molar-refractivity contribution is 5.21. The Morgan fingerprint density at radius 2 is 2.14 bits per heavy atom. The summed E-state index contributed by atoms with van der Waals surface area (Å²) in [5.74, 6) is 0.661. The number of aliphatic hydroxyl groups excluding tert-OH is 1. The fourth-order valence-corrected chi connectivity index (χ4v) is 2.82. The molecule has 1 aromatic heterocycles. The van der Waals surface area contributed by atoms with Crippen molar-refractivity contribution in [1.29, 1.82) is 0 Å². The molecule has 1 aliphatic heterocycles. The second-order valence-electron chi connectivity index (χ2n) is 6.09. The summed E-state index contributed by atoms with van der Waals surface area (Å²) in [6, 6.07) is 3.81. The minimum absolute atomic E-state index is 0.0279. The van der Waals surface area contributed by atoms with Gasteiger partial charge in [0.2, 0.25) is 5.88 Å². The van der Waals surface area contributed by atoms with E-state index in [0.717, 1.165) is 38.0 Å². The van der Waals surface area contributed by atoms with Crippen LogP contribution in [-0.2, 0) is 0 Å². The molecule has 2 atom stereocenters. The quantitative estimate of drug-likeness (QED) is 0.794. The third kappa shape index (κ3) is 3.93. The van der Waals surface area contributed by atoms with Crippen LogP contribution in [0.15, 0.2) is 18.3 Å². The molecule has 2 aliphatic rings. The van der Waals surface area contributed by atoms with Crippen LogP contribution < -0.4 is 10.1 Å². The molecule has 5 nitrogen and oxygen atoms in total. The highest BCUT2D eigenvalue weighted by atomic mass is 16.5. The van der Waals surface area contributed by atoms with Gasteiger partial charge in [0.1, 0.15) is 6.10 Å². The number of aliphatic hydroxyl groups is 1. The third-order valence-electron chi connectivity index (χ3n) is 4.32. The number of nitrogens with zero attached hydrogens (tertiary/aromatic N) is 2. The molecule has 2 fully saturated rings. The van der Waals surface area contributed by atoms with Crippen molar-refractivity contribution in [3.8, 4) is 5.88 Å². The first-order chi connectivity index (χ1) is 10.3. The molecule has 1 aliphatic carbocycles. The molecule has 0 spiro atoms. The summed E-state index contributed by atoms with van der Waals surface area (Å²) in [4.78, 5) is 6.71. The molecule has 3 rings (SSSR count). The molecule has 0 radical (unpaired) electrons. The van der Waals surface area contributed by atoms with Gasteiger partial charge in [-0.05, 0) is 51.9 Å². The van der Waals surface area contributed by atoms with Crippen molar-refractivity contribution in [3.63, 3.8) is 0 Å². The summed E-state index contributed by atoms with van der Waals surface area (Å²) >= 11 is 0. The summed E-state index contributed by atoms with van der Waals surface area (Å²) in [7, 11) is 1.90. The van der Waals surface area contributed by atoms with E-state index in [1.54, 1.807) is 6.20 Å². The Kier molecular flexibility index (Phi) is 4.73. The van der Waals surface area contributed by atoms with Crippen molar-refractivity contribution in [3.05, 3.63) is 23.9 Å². The Hall–Kier alpha value is -1.17. The first kappa shape index (κ1) is 14.8. The molecule has 0 bridgehead atoms. The molecule has 1 aromatic rings. The molecule has 0 amide bonds. The zero-order valence-electron chi connectivity index (χ0n) is 12.7. The molecule has 5 heteroatoms. The van der Waals surface area contributed by atoms with Gasteiger partial charge in [0.15, 0.2) is 0 Å². The lowest BCUT2D eigenvalue weighted by molar-refractivity contribution is 0.110. The van der Waals surface area contributed by atoms with E-state index in [9.17, 15) is 5.11 Å². The second-order valence-corrected chi connectivity index (χ2v) is 6.09. The van der Waals surface area contributed by atoms with E-state index in [0.29, 0.717) is 12.0 Å². The van der Waals surface area contributed by atoms with Crippen LogP contribution in [0.2, 0.25) is 0 Å². The summed E-state index contributed by atoms with van der Waals surface area (Å²) in [6.45, 7) is 3.15. The maximum Gasteiger partial charge on any atom is 0.213 e. The first-order valence-electron chi connectivity index (χ1n) is 7.96. The number of hydrogen-bond acceptors (Lipinski definition) is 5. The summed E-state index contributed by atoms with van der Waals surface area (Å²) in [5, 5.41) is 13.8. The molecule has 1 saturated heterocycles. The number of likely N-dealkylation sites (tertiary alicyclic amines) is 1. The molecule has 2 N–H and O–H groups in total. The maximum absolute atomic E-state index is 10.6. The van der Waals surface area contributed by atoms with Crippen LogP contribution in [-0.4, -0.2) is 53.8 Å². The Labute approximate surface area is 126 Å². The van der Waals surface area contributed by atoms with Crippen molar-refractivity contribution in [2.24, 2.45) is 0 Å². The molecule has 1 saturated carbocycles.